The van der Waals surface area contributed by atoms with Gasteiger partial charge >= 0.3 is 12.1 Å². The van der Waals surface area contributed by atoms with Gasteiger partial charge in [0.2, 0.25) is 5.91 Å². The van der Waals surface area contributed by atoms with Crippen LogP contribution in [0, 0.1) is 20.8 Å². The van der Waals surface area contributed by atoms with Crippen molar-refractivity contribution in [2.75, 3.05) is 13.2 Å². The van der Waals surface area contributed by atoms with Gasteiger partial charge in [0.1, 0.15) is 6.61 Å². The van der Waals surface area contributed by atoms with Crippen LogP contribution in [0.1, 0.15) is 46.7 Å². The Morgan fingerprint density at radius 1 is 1.03 bits per heavy atom. The number of nitrogens with one attached hydrogen (secondary N) is 1. The number of rotatable bonds is 9. The van der Waals surface area contributed by atoms with Crippen molar-refractivity contribution < 1.29 is 27.5 Å². The molecule has 0 saturated heterocycles. The van der Waals surface area contributed by atoms with Crippen LogP contribution in [0.4, 0.5) is 13.2 Å². The highest BCUT2D eigenvalue weighted by Gasteiger charge is 2.37. The van der Waals surface area contributed by atoms with Crippen LogP contribution in [-0.2, 0) is 33.3 Å². The molecule has 1 N–H and O–H groups in total. The number of benzene rings is 1. The molecule has 0 radical (unpaired) electrons. The third-order valence-corrected chi connectivity index (χ3v) is 5.33. The number of amides is 1. The third-order valence-electron chi connectivity index (χ3n) is 5.33. The minimum atomic E-state index is -4.67. The number of alkyl halides is 3. The van der Waals surface area contributed by atoms with Crippen LogP contribution < -0.4 is 5.32 Å². The zero-order valence-electron chi connectivity index (χ0n) is 19.2. The number of halogens is 3. The first-order chi connectivity index (χ1) is 16.0. The molecular weight excluding hydrogens is 451 g/mol. The number of nitrogens with zero attached hydrogens (tertiary/aromatic N) is 4. The van der Waals surface area contributed by atoms with Crippen molar-refractivity contribution in [3.05, 3.63) is 58.2 Å². The number of carbonyl (C=O) groups excluding carboxylic acids is 2. The van der Waals surface area contributed by atoms with Crippen molar-refractivity contribution in [1.29, 1.82) is 0 Å². The second-order valence-electron chi connectivity index (χ2n) is 7.96. The first-order valence-electron chi connectivity index (χ1n) is 10.8. The smallest absolute Gasteiger partial charge is 0.453 e. The maximum absolute atomic E-state index is 12.9. The average molecular weight is 477 g/mol. The van der Waals surface area contributed by atoms with E-state index in [-0.39, 0.29) is 37.7 Å². The van der Waals surface area contributed by atoms with Gasteiger partial charge in [-0.3, -0.25) is 9.59 Å². The number of aromatic nitrogens is 4. The first-order valence-corrected chi connectivity index (χ1v) is 10.8. The van der Waals surface area contributed by atoms with E-state index >= 15 is 0 Å². The van der Waals surface area contributed by atoms with Crippen molar-refractivity contribution in [2.24, 2.45) is 0 Å². The van der Waals surface area contributed by atoms with Crippen LogP contribution in [0.2, 0.25) is 0 Å². The minimum Gasteiger partial charge on any atom is -0.464 e. The molecule has 3 rings (SSSR count). The van der Waals surface area contributed by atoms with E-state index in [9.17, 15) is 22.8 Å². The zero-order valence-corrected chi connectivity index (χ0v) is 19.2. The minimum absolute atomic E-state index is 0.0110. The molecule has 11 heteroatoms. The maximum atomic E-state index is 12.9. The third kappa shape index (κ3) is 6.52. The Labute approximate surface area is 194 Å². The van der Waals surface area contributed by atoms with E-state index in [1.807, 2.05) is 31.2 Å². The van der Waals surface area contributed by atoms with E-state index in [4.69, 9.17) is 4.74 Å². The van der Waals surface area contributed by atoms with E-state index in [0.717, 1.165) is 15.6 Å². The molecule has 1 aromatic carbocycles. The average Bonchev–Trinajstić information content (AvgIpc) is 3.21. The number of aryl methyl sites for hydroxylation is 4. The molecule has 0 atom stereocenters. The fourth-order valence-corrected chi connectivity index (χ4v) is 3.45. The summed E-state index contributed by atoms with van der Waals surface area (Å²) in [5, 5.41) is 6.20. The molecule has 2 heterocycles. The highest BCUT2D eigenvalue weighted by molar-refractivity contribution is 5.76. The summed E-state index contributed by atoms with van der Waals surface area (Å²) >= 11 is 0. The zero-order chi connectivity index (χ0) is 24.9. The van der Waals surface area contributed by atoms with Gasteiger partial charge in [-0.15, -0.1) is 5.10 Å². The predicted molar refractivity (Wildman–Crippen MR) is 117 cm³/mol. The van der Waals surface area contributed by atoms with Gasteiger partial charge in [0.05, 0.1) is 6.54 Å². The summed E-state index contributed by atoms with van der Waals surface area (Å²) in [6.07, 6.45) is -3.47. The van der Waals surface area contributed by atoms with Gasteiger partial charge < -0.3 is 10.1 Å². The summed E-state index contributed by atoms with van der Waals surface area (Å²) in [4.78, 5) is 31.5. The highest BCUT2D eigenvalue weighted by Crippen LogP contribution is 2.27. The second-order valence-corrected chi connectivity index (χ2v) is 7.96. The Kier molecular flexibility index (Phi) is 7.85. The summed E-state index contributed by atoms with van der Waals surface area (Å²) in [7, 11) is 0. The maximum Gasteiger partial charge on any atom is 0.453 e. The Morgan fingerprint density at radius 3 is 2.41 bits per heavy atom. The fraction of sp³-hybridized carbons (Fsp3) is 0.435. The lowest BCUT2D eigenvalue weighted by Gasteiger charge is -2.10. The molecule has 8 nitrogen and oxygen atoms in total. The van der Waals surface area contributed by atoms with Gasteiger partial charge in [0, 0.05) is 24.2 Å². The van der Waals surface area contributed by atoms with E-state index in [1.54, 1.807) is 13.8 Å². The van der Waals surface area contributed by atoms with E-state index in [1.165, 1.54) is 0 Å². The van der Waals surface area contributed by atoms with E-state index in [0.29, 0.717) is 29.8 Å². The summed E-state index contributed by atoms with van der Waals surface area (Å²) in [6, 6.07) is 7.96. The van der Waals surface area contributed by atoms with Crippen LogP contribution in [-0.4, -0.2) is 44.6 Å². The monoisotopic (exact) mass is 477 g/mol. The summed E-state index contributed by atoms with van der Waals surface area (Å²) in [6.45, 7) is 5.47. The molecule has 0 spiro atoms. The molecule has 0 bridgehead atoms. The number of ether oxygens (including phenoxy) is 1. The van der Waals surface area contributed by atoms with Crippen molar-refractivity contribution in [1.82, 2.24) is 24.9 Å². The van der Waals surface area contributed by atoms with E-state index < -0.39 is 18.0 Å². The molecule has 0 saturated carbocycles. The van der Waals surface area contributed by atoms with Crippen molar-refractivity contribution in [3.63, 3.8) is 0 Å². The Morgan fingerprint density at radius 2 is 1.74 bits per heavy atom. The largest absolute Gasteiger partial charge is 0.464 e. The normalized spacial score (nSPS) is 11.6. The molecule has 1 amide bonds. The molecule has 0 fully saturated rings. The molecule has 3 aromatic rings. The standard InChI is InChI=1S/C23H26F3N5O3/c1-14-4-6-17(7-5-14)8-10-19(32)27-12-13-34-20(33)11-9-18-15(2)28-22-29-21(23(24,25)26)30-31(22)16(18)3/h4-7H,8-13H2,1-3H3,(H,27,32). The van der Waals surface area contributed by atoms with Gasteiger partial charge in [0.15, 0.2) is 0 Å². The number of esters is 1. The van der Waals surface area contributed by atoms with Gasteiger partial charge in [0.25, 0.3) is 11.6 Å². The van der Waals surface area contributed by atoms with Crippen molar-refractivity contribution >= 4 is 17.7 Å². The number of hydrogen-bond acceptors (Lipinski definition) is 6. The second kappa shape index (κ2) is 10.6. The van der Waals surface area contributed by atoms with Gasteiger partial charge in [-0.25, -0.2) is 9.50 Å². The number of hydrogen-bond donors (Lipinski definition) is 1. The number of carbonyl (C=O) groups is 2. The van der Waals surface area contributed by atoms with Gasteiger partial charge in [-0.2, -0.15) is 18.2 Å². The highest BCUT2D eigenvalue weighted by atomic mass is 19.4. The summed E-state index contributed by atoms with van der Waals surface area (Å²) in [5.41, 5.74) is 3.74. The Hall–Kier alpha value is -3.50. The van der Waals surface area contributed by atoms with Crippen molar-refractivity contribution in [3.8, 4) is 0 Å². The first kappa shape index (κ1) is 25.1. The molecule has 0 aliphatic carbocycles. The van der Waals surface area contributed by atoms with Crippen LogP contribution in [0.5, 0.6) is 0 Å². The van der Waals surface area contributed by atoms with Crippen LogP contribution >= 0.6 is 0 Å². The van der Waals surface area contributed by atoms with Gasteiger partial charge in [-0.1, -0.05) is 29.8 Å². The lowest BCUT2D eigenvalue weighted by Crippen LogP contribution is -2.28. The van der Waals surface area contributed by atoms with Crippen LogP contribution in [0.15, 0.2) is 24.3 Å². The lowest BCUT2D eigenvalue weighted by atomic mass is 10.1. The summed E-state index contributed by atoms with van der Waals surface area (Å²) < 4.78 is 44.9. The molecule has 182 valence electrons. The molecular formula is C23H26F3N5O3. The molecule has 34 heavy (non-hydrogen) atoms. The Bertz CT molecular complexity index is 1170. The molecule has 0 aliphatic rings. The molecule has 2 aromatic heterocycles. The molecule has 0 unspecified atom stereocenters. The quantitative estimate of drug-likeness (QED) is 0.375. The topological polar surface area (TPSA) is 98.5 Å². The van der Waals surface area contributed by atoms with Crippen LogP contribution in [0.3, 0.4) is 0 Å². The van der Waals surface area contributed by atoms with Gasteiger partial charge in [-0.05, 0) is 44.7 Å². The Balaban J connectivity index is 1.43. The fourth-order valence-electron chi connectivity index (χ4n) is 3.45. The molecule has 0 aliphatic heterocycles. The predicted octanol–water partition coefficient (Wildman–Crippen LogP) is 3.29. The SMILES string of the molecule is Cc1ccc(CCC(=O)NCCOC(=O)CCc2c(C)nc3nc(C(F)(F)F)nn3c2C)cc1. The number of fused-ring (bicyclic) bond motifs is 1. The van der Waals surface area contributed by atoms with Crippen molar-refractivity contribution in [2.45, 2.75) is 52.6 Å². The van der Waals surface area contributed by atoms with E-state index in [2.05, 4.69) is 20.4 Å². The van der Waals surface area contributed by atoms with Crippen LogP contribution in [0.25, 0.3) is 5.78 Å². The summed E-state index contributed by atoms with van der Waals surface area (Å²) in [5.74, 6) is -2.03. The lowest BCUT2D eigenvalue weighted by molar-refractivity contribution is -0.145.